The van der Waals surface area contributed by atoms with E-state index >= 15 is 0 Å². The lowest BCUT2D eigenvalue weighted by atomic mass is 10.1. The number of hydrogen-bond donors (Lipinski definition) is 0. The SMILES string of the molecule is CCS(=O)(=O)c1cc(-c2cccc(F)c2)cnc1-c1ncc(-c2ccc(C(F)(F)F)nc2)n1C. The molecule has 176 valence electrons. The van der Waals surface area contributed by atoms with E-state index in [1.54, 1.807) is 13.1 Å². The summed E-state index contributed by atoms with van der Waals surface area (Å²) in [7, 11) is -2.16. The molecular weight excluding hydrogens is 472 g/mol. The Morgan fingerprint density at radius 1 is 0.912 bits per heavy atom. The Hall–Kier alpha value is -3.60. The summed E-state index contributed by atoms with van der Waals surface area (Å²) in [5.41, 5.74) is 0.720. The number of halogens is 4. The van der Waals surface area contributed by atoms with Gasteiger partial charge >= 0.3 is 6.18 Å². The average Bonchev–Trinajstić information content (AvgIpc) is 3.19. The molecule has 0 aliphatic rings. The van der Waals surface area contributed by atoms with Crippen LogP contribution in [0.2, 0.25) is 0 Å². The van der Waals surface area contributed by atoms with Crippen molar-refractivity contribution in [3.63, 3.8) is 0 Å². The fourth-order valence-electron chi connectivity index (χ4n) is 3.44. The fraction of sp³-hybridized carbons (Fsp3) is 0.174. The molecule has 0 fully saturated rings. The van der Waals surface area contributed by atoms with Crippen LogP contribution in [0.5, 0.6) is 0 Å². The molecule has 0 saturated carbocycles. The monoisotopic (exact) mass is 490 g/mol. The summed E-state index contributed by atoms with van der Waals surface area (Å²) in [5.74, 6) is -0.470. The summed E-state index contributed by atoms with van der Waals surface area (Å²) >= 11 is 0. The number of hydrogen-bond acceptors (Lipinski definition) is 5. The third-order valence-corrected chi connectivity index (χ3v) is 7.02. The number of sulfone groups is 1. The molecule has 0 aliphatic carbocycles. The van der Waals surface area contributed by atoms with Crippen LogP contribution in [-0.2, 0) is 23.1 Å². The van der Waals surface area contributed by atoms with E-state index in [0.717, 1.165) is 12.3 Å². The van der Waals surface area contributed by atoms with E-state index in [2.05, 4.69) is 15.0 Å². The number of rotatable bonds is 5. The maximum Gasteiger partial charge on any atom is 0.433 e. The van der Waals surface area contributed by atoms with E-state index < -0.39 is 27.5 Å². The third kappa shape index (κ3) is 4.43. The molecule has 3 aromatic heterocycles. The van der Waals surface area contributed by atoms with Crippen molar-refractivity contribution in [1.82, 2.24) is 19.5 Å². The highest BCUT2D eigenvalue weighted by atomic mass is 32.2. The molecule has 1 aromatic carbocycles. The van der Waals surface area contributed by atoms with E-state index in [4.69, 9.17) is 0 Å². The molecule has 0 radical (unpaired) electrons. The van der Waals surface area contributed by atoms with Gasteiger partial charge in [0.1, 0.15) is 17.2 Å². The van der Waals surface area contributed by atoms with Crippen LogP contribution in [0, 0.1) is 5.82 Å². The molecule has 0 saturated heterocycles. The van der Waals surface area contributed by atoms with Crippen LogP contribution in [-0.4, -0.2) is 33.7 Å². The maximum absolute atomic E-state index is 13.7. The van der Waals surface area contributed by atoms with Gasteiger partial charge in [-0.2, -0.15) is 13.2 Å². The van der Waals surface area contributed by atoms with Gasteiger partial charge in [-0.05, 0) is 35.9 Å². The first kappa shape index (κ1) is 23.6. The summed E-state index contributed by atoms with van der Waals surface area (Å²) in [4.78, 5) is 12.0. The van der Waals surface area contributed by atoms with Gasteiger partial charge in [-0.15, -0.1) is 0 Å². The molecule has 0 unspecified atom stereocenters. The van der Waals surface area contributed by atoms with Gasteiger partial charge in [0.2, 0.25) is 0 Å². The second-order valence-electron chi connectivity index (χ2n) is 7.44. The van der Waals surface area contributed by atoms with Crippen LogP contribution in [0.1, 0.15) is 12.6 Å². The minimum Gasteiger partial charge on any atom is -0.326 e. The summed E-state index contributed by atoms with van der Waals surface area (Å²) in [6.07, 6.45) is -0.655. The molecule has 0 N–H and O–H groups in total. The minimum absolute atomic E-state index is 0.0793. The largest absolute Gasteiger partial charge is 0.433 e. The van der Waals surface area contributed by atoms with Gasteiger partial charge in [0.25, 0.3) is 0 Å². The first-order valence-corrected chi connectivity index (χ1v) is 11.7. The van der Waals surface area contributed by atoms with Crippen LogP contribution < -0.4 is 0 Å². The Balaban J connectivity index is 1.83. The highest BCUT2D eigenvalue weighted by Crippen LogP contribution is 2.33. The summed E-state index contributed by atoms with van der Waals surface area (Å²) in [5, 5.41) is 0. The number of alkyl halides is 3. The molecule has 4 rings (SSSR count). The fourth-order valence-corrected chi connectivity index (χ4v) is 4.50. The van der Waals surface area contributed by atoms with Crippen molar-refractivity contribution < 1.29 is 26.0 Å². The number of pyridine rings is 2. The molecule has 0 amide bonds. The zero-order valence-electron chi connectivity index (χ0n) is 18.0. The molecule has 34 heavy (non-hydrogen) atoms. The van der Waals surface area contributed by atoms with Crippen molar-refractivity contribution in [2.75, 3.05) is 5.75 Å². The maximum atomic E-state index is 13.7. The van der Waals surface area contributed by atoms with Crippen molar-refractivity contribution in [2.45, 2.75) is 18.0 Å². The molecule has 0 aliphatic heterocycles. The van der Waals surface area contributed by atoms with Crippen LogP contribution in [0.15, 0.2) is 66.0 Å². The van der Waals surface area contributed by atoms with Gasteiger partial charge in [-0.25, -0.2) is 17.8 Å². The van der Waals surface area contributed by atoms with E-state index in [1.807, 2.05) is 0 Å². The van der Waals surface area contributed by atoms with E-state index in [9.17, 15) is 26.0 Å². The first-order valence-electron chi connectivity index (χ1n) is 10.1. The molecule has 0 atom stereocenters. The Morgan fingerprint density at radius 2 is 1.65 bits per heavy atom. The molecular formula is C23H18F4N4O2S. The zero-order chi connectivity index (χ0) is 24.7. The molecule has 3 heterocycles. The molecule has 6 nitrogen and oxygen atoms in total. The van der Waals surface area contributed by atoms with Crippen molar-refractivity contribution in [3.05, 3.63) is 72.6 Å². The van der Waals surface area contributed by atoms with Gasteiger partial charge < -0.3 is 4.57 Å². The summed E-state index contributed by atoms with van der Waals surface area (Å²) < 4.78 is 79.5. The predicted octanol–water partition coefficient (Wildman–Crippen LogP) is 5.16. The van der Waals surface area contributed by atoms with E-state index in [0.29, 0.717) is 22.4 Å². The van der Waals surface area contributed by atoms with Gasteiger partial charge in [0.15, 0.2) is 15.7 Å². The van der Waals surface area contributed by atoms with Crippen molar-refractivity contribution in [1.29, 1.82) is 0 Å². The van der Waals surface area contributed by atoms with Gasteiger partial charge in [-0.1, -0.05) is 19.1 Å². The smallest absolute Gasteiger partial charge is 0.326 e. The zero-order valence-corrected chi connectivity index (χ0v) is 18.8. The van der Waals surface area contributed by atoms with Crippen LogP contribution in [0.4, 0.5) is 17.6 Å². The normalized spacial score (nSPS) is 12.2. The van der Waals surface area contributed by atoms with Crippen LogP contribution in [0.25, 0.3) is 33.9 Å². The number of imidazole rings is 1. The molecule has 0 spiro atoms. The minimum atomic E-state index is -4.56. The summed E-state index contributed by atoms with van der Waals surface area (Å²) in [6, 6.07) is 9.25. The van der Waals surface area contributed by atoms with Crippen LogP contribution >= 0.6 is 0 Å². The van der Waals surface area contributed by atoms with Crippen LogP contribution in [0.3, 0.4) is 0 Å². The highest BCUT2D eigenvalue weighted by molar-refractivity contribution is 7.91. The second-order valence-corrected chi connectivity index (χ2v) is 9.69. The lowest BCUT2D eigenvalue weighted by Crippen LogP contribution is -2.09. The molecule has 11 heteroatoms. The van der Waals surface area contributed by atoms with Gasteiger partial charge in [0.05, 0.1) is 22.5 Å². The quantitative estimate of drug-likeness (QED) is 0.361. The summed E-state index contributed by atoms with van der Waals surface area (Å²) in [6.45, 7) is 1.49. The Kier molecular flexibility index (Phi) is 5.98. The Labute approximate surface area is 192 Å². The third-order valence-electron chi connectivity index (χ3n) is 5.28. The standard InChI is InChI=1S/C23H18F4N4O2S/c1-3-34(32,33)19-10-16(14-5-4-6-17(24)9-14)12-29-21(19)22-30-13-18(31(22)2)15-7-8-20(28-11-15)23(25,26)27/h4-13H,3H2,1-2H3. The van der Waals surface area contributed by atoms with Gasteiger partial charge in [-0.3, -0.25) is 9.97 Å². The first-order chi connectivity index (χ1) is 16.0. The molecule has 0 bridgehead atoms. The Bertz CT molecular complexity index is 1460. The number of nitrogens with zero attached hydrogens (tertiary/aromatic N) is 4. The number of benzene rings is 1. The van der Waals surface area contributed by atoms with E-state index in [-0.39, 0.29) is 22.2 Å². The van der Waals surface area contributed by atoms with Crippen molar-refractivity contribution >= 4 is 9.84 Å². The average molecular weight is 490 g/mol. The highest BCUT2D eigenvalue weighted by Gasteiger charge is 2.32. The van der Waals surface area contributed by atoms with Crippen molar-refractivity contribution in [3.8, 4) is 33.9 Å². The Morgan fingerprint density at radius 3 is 2.26 bits per heavy atom. The number of aromatic nitrogens is 4. The lowest BCUT2D eigenvalue weighted by Gasteiger charge is -2.12. The second kappa shape index (κ2) is 8.64. The van der Waals surface area contributed by atoms with E-state index in [1.165, 1.54) is 54.2 Å². The van der Waals surface area contributed by atoms with Crippen molar-refractivity contribution in [2.24, 2.45) is 7.05 Å². The molecule has 4 aromatic rings. The topological polar surface area (TPSA) is 77.7 Å². The predicted molar refractivity (Wildman–Crippen MR) is 118 cm³/mol. The van der Waals surface area contributed by atoms with Gasteiger partial charge in [0, 0.05) is 30.6 Å². The lowest BCUT2D eigenvalue weighted by molar-refractivity contribution is -0.141.